The highest BCUT2D eigenvalue weighted by atomic mass is 19.4. The number of anilines is 2. The molecular formula is C13H6F6N4O4. The maximum Gasteiger partial charge on any atom is 0.418 e. The zero-order valence-electron chi connectivity index (χ0n) is 12.6. The van der Waals surface area contributed by atoms with Crippen LogP contribution in [0.25, 0.3) is 0 Å². The zero-order valence-corrected chi connectivity index (χ0v) is 12.6. The summed E-state index contributed by atoms with van der Waals surface area (Å²) in [6.07, 6.45) is -9.67. The molecule has 27 heavy (non-hydrogen) atoms. The first-order valence-electron chi connectivity index (χ1n) is 6.65. The zero-order chi connectivity index (χ0) is 20.6. The first kappa shape index (κ1) is 19.9. The van der Waals surface area contributed by atoms with Crippen LogP contribution in [0.5, 0.6) is 0 Å². The predicted octanol–water partition coefficient (Wildman–Crippen LogP) is 4.68. The van der Waals surface area contributed by atoms with Gasteiger partial charge in [-0.2, -0.15) is 26.3 Å². The molecule has 0 radical (unpaired) electrons. The molecular weight excluding hydrogens is 390 g/mol. The smallest absolute Gasteiger partial charge is 0.334 e. The number of aromatic nitrogens is 1. The largest absolute Gasteiger partial charge is 0.418 e. The molecule has 0 saturated heterocycles. The summed E-state index contributed by atoms with van der Waals surface area (Å²) in [5.41, 5.74) is -6.60. The van der Waals surface area contributed by atoms with Crippen molar-refractivity contribution in [2.45, 2.75) is 12.4 Å². The Morgan fingerprint density at radius 1 is 0.926 bits per heavy atom. The molecule has 0 spiro atoms. The molecule has 0 unspecified atom stereocenters. The van der Waals surface area contributed by atoms with Gasteiger partial charge in [0.25, 0.3) is 11.4 Å². The average Bonchev–Trinajstić information content (AvgIpc) is 2.53. The Morgan fingerprint density at radius 2 is 1.56 bits per heavy atom. The minimum Gasteiger partial charge on any atom is -0.334 e. The van der Waals surface area contributed by atoms with E-state index in [1.807, 2.05) is 5.32 Å². The van der Waals surface area contributed by atoms with Crippen molar-refractivity contribution in [1.82, 2.24) is 4.98 Å². The molecule has 144 valence electrons. The second-order valence-electron chi connectivity index (χ2n) is 4.95. The molecule has 1 aromatic heterocycles. The van der Waals surface area contributed by atoms with E-state index in [0.717, 1.165) is 0 Å². The van der Waals surface area contributed by atoms with Gasteiger partial charge in [-0.15, -0.1) is 0 Å². The van der Waals surface area contributed by atoms with Crippen LogP contribution in [0.3, 0.4) is 0 Å². The summed E-state index contributed by atoms with van der Waals surface area (Å²) < 4.78 is 77.1. The van der Waals surface area contributed by atoms with Crippen molar-refractivity contribution in [2.75, 3.05) is 5.32 Å². The Balaban J connectivity index is 2.60. The van der Waals surface area contributed by atoms with Gasteiger partial charge in [0.15, 0.2) is 0 Å². The molecule has 2 aromatic rings. The Labute approximate surface area is 144 Å². The second kappa shape index (κ2) is 6.69. The highest BCUT2D eigenvalue weighted by Gasteiger charge is 2.40. The fraction of sp³-hybridized carbons (Fsp3) is 0.154. The van der Waals surface area contributed by atoms with Gasteiger partial charge in [-0.3, -0.25) is 20.2 Å². The maximum atomic E-state index is 13.2. The predicted molar refractivity (Wildman–Crippen MR) is 77.3 cm³/mol. The molecule has 1 heterocycles. The number of pyridine rings is 1. The molecule has 0 aliphatic carbocycles. The van der Waals surface area contributed by atoms with E-state index in [1.54, 1.807) is 0 Å². The summed E-state index contributed by atoms with van der Waals surface area (Å²) in [6.45, 7) is 0. The number of nitro groups is 2. The highest BCUT2D eigenvalue weighted by Crippen LogP contribution is 2.43. The van der Waals surface area contributed by atoms with E-state index in [0.29, 0.717) is 24.4 Å². The third-order valence-corrected chi connectivity index (χ3v) is 3.16. The molecule has 8 nitrogen and oxygen atoms in total. The third-order valence-electron chi connectivity index (χ3n) is 3.16. The monoisotopic (exact) mass is 396 g/mol. The second-order valence-corrected chi connectivity index (χ2v) is 4.95. The lowest BCUT2D eigenvalue weighted by Crippen LogP contribution is -2.12. The van der Waals surface area contributed by atoms with Gasteiger partial charge in [-0.25, -0.2) is 4.98 Å². The number of hydrogen-bond donors (Lipinski definition) is 1. The number of non-ortho nitro benzene ring substituents is 1. The first-order valence-corrected chi connectivity index (χ1v) is 6.65. The van der Waals surface area contributed by atoms with Crippen molar-refractivity contribution in [1.29, 1.82) is 0 Å². The van der Waals surface area contributed by atoms with E-state index in [-0.39, 0.29) is 6.07 Å². The van der Waals surface area contributed by atoms with E-state index in [2.05, 4.69) is 4.98 Å². The molecule has 0 bridgehead atoms. The lowest BCUT2D eigenvalue weighted by molar-refractivity contribution is -0.394. The molecule has 1 aromatic carbocycles. The molecule has 0 fully saturated rings. The number of nitro benzene ring substituents is 2. The summed E-state index contributed by atoms with van der Waals surface area (Å²) in [5.74, 6) is -0.564. The molecule has 2 rings (SSSR count). The summed E-state index contributed by atoms with van der Waals surface area (Å²) in [4.78, 5) is 22.5. The van der Waals surface area contributed by atoms with Crippen molar-refractivity contribution < 1.29 is 36.2 Å². The van der Waals surface area contributed by atoms with Crippen LogP contribution in [0.15, 0.2) is 30.5 Å². The van der Waals surface area contributed by atoms with Crippen LogP contribution in [-0.4, -0.2) is 14.8 Å². The van der Waals surface area contributed by atoms with Gasteiger partial charge in [0.2, 0.25) is 0 Å². The van der Waals surface area contributed by atoms with Crippen molar-refractivity contribution >= 4 is 22.9 Å². The molecule has 0 atom stereocenters. The summed E-state index contributed by atoms with van der Waals surface area (Å²) in [6, 6.07) is 1.52. The van der Waals surface area contributed by atoms with E-state index in [1.165, 1.54) is 0 Å². The molecule has 1 N–H and O–H groups in total. The van der Waals surface area contributed by atoms with Crippen LogP contribution in [0.2, 0.25) is 0 Å². The highest BCUT2D eigenvalue weighted by molar-refractivity contribution is 5.75. The number of hydrogen-bond acceptors (Lipinski definition) is 6. The van der Waals surface area contributed by atoms with E-state index in [4.69, 9.17) is 0 Å². The van der Waals surface area contributed by atoms with Gasteiger partial charge in [-0.1, -0.05) is 0 Å². The quantitative estimate of drug-likeness (QED) is 0.456. The number of nitrogens with zero attached hydrogens (tertiary/aromatic N) is 3. The topological polar surface area (TPSA) is 111 Å². The van der Waals surface area contributed by atoms with Crippen molar-refractivity contribution in [3.63, 3.8) is 0 Å². The first-order chi connectivity index (χ1) is 12.3. The number of benzene rings is 1. The van der Waals surface area contributed by atoms with E-state index >= 15 is 0 Å². The van der Waals surface area contributed by atoms with Crippen LogP contribution in [-0.2, 0) is 12.4 Å². The molecule has 0 aliphatic heterocycles. The lowest BCUT2D eigenvalue weighted by Gasteiger charge is -2.14. The Hall–Kier alpha value is -3.45. The minimum atomic E-state index is -5.23. The number of alkyl halides is 6. The standard InChI is InChI=1S/C13H6F6N4O4/c14-12(15,16)6-1-2-10(20-5-6)21-11-8(13(17,18)19)3-7(22(24)25)4-9(11)23(26)27/h1-5H,(H,20,21). The lowest BCUT2D eigenvalue weighted by atomic mass is 10.1. The van der Waals surface area contributed by atoms with Crippen molar-refractivity contribution in [3.05, 3.63) is 61.8 Å². The molecule has 0 saturated carbocycles. The van der Waals surface area contributed by atoms with Gasteiger partial charge < -0.3 is 5.32 Å². The summed E-state index contributed by atoms with van der Waals surface area (Å²) in [5, 5.41) is 23.7. The maximum absolute atomic E-state index is 13.2. The van der Waals surface area contributed by atoms with Crippen LogP contribution in [0, 0.1) is 20.2 Å². The fourth-order valence-corrected chi connectivity index (χ4v) is 1.98. The normalized spacial score (nSPS) is 11.9. The molecule has 0 amide bonds. The Morgan fingerprint density at radius 3 is 1.96 bits per heavy atom. The Bertz CT molecular complexity index is 895. The van der Waals surface area contributed by atoms with Gasteiger partial charge in [0, 0.05) is 12.3 Å². The van der Waals surface area contributed by atoms with Crippen molar-refractivity contribution in [2.24, 2.45) is 0 Å². The Kier molecular flexibility index (Phi) is 4.93. The van der Waals surface area contributed by atoms with Gasteiger partial charge >= 0.3 is 12.4 Å². The molecule has 14 heteroatoms. The number of halogens is 6. The van der Waals surface area contributed by atoms with Gasteiger partial charge in [0.1, 0.15) is 11.5 Å². The number of rotatable bonds is 4. The number of nitrogens with one attached hydrogen (secondary N) is 1. The van der Waals surface area contributed by atoms with Crippen LogP contribution in [0.1, 0.15) is 11.1 Å². The summed E-state index contributed by atoms with van der Waals surface area (Å²) in [7, 11) is 0. The van der Waals surface area contributed by atoms with Gasteiger partial charge in [0.05, 0.1) is 27.0 Å². The third kappa shape index (κ3) is 4.39. The average molecular weight is 396 g/mol. The van der Waals surface area contributed by atoms with E-state index < -0.39 is 56.2 Å². The van der Waals surface area contributed by atoms with Crippen LogP contribution in [0.4, 0.5) is 49.2 Å². The van der Waals surface area contributed by atoms with E-state index in [9.17, 15) is 46.6 Å². The van der Waals surface area contributed by atoms with Crippen molar-refractivity contribution in [3.8, 4) is 0 Å². The minimum absolute atomic E-state index is 0.0689. The van der Waals surface area contributed by atoms with Crippen LogP contribution >= 0.6 is 0 Å². The fourth-order valence-electron chi connectivity index (χ4n) is 1.98. The van der Waals surface area contributed by atoms with Crippen LogP contribution < -0.4 is 5.32 Å². The SMILES string of the molecule is O=[N+]([O-])c1cc([N+](=O)[O-])c(Nc2ccc(C(F)(F)F)cn2)c(C(F)(F)F)c1. The molecule has 0 aliphatic rings. The summed E-state index contributed by atoms with van der Waals surface area (Å²) >= 11 is 0. The van der Waals surface area contributed by atoms with Gasteiger partial charge in [-0.05, 0) is 12.1 Å².